The molecular weight excluding hydrogens is 296 g/mol. The van der Waals surface area contributed by atoms with Crippen LogP contribution in [0, 0.1) is 0 Å². The minimum Gasteiger partial charge on any atom is -0.351 e. The van der Waals surface area contributed by atoms with Gasteiger partial charge >= 0.3 is 6.03 Å². The molecule has 24 heavy (non-hydrogen) atoms. The number of nitrogens with two attached hydrogens (primary N) is 1. The van der Waals surface area contributed by atoms with Crippen molar-refractivity contribution in [1.82, 2.24) is 4.90 Å². The Balaban J connectivity index is 1.66. The van der Waals surface area contributed by atoms with Gasteiger partial charge in [0.25, 0.3) is 0 Å². The number of hydrogen-bond acceptors (Lipinski definition) is 1. The average molecular weight is 339 g/mol. The van der Waals surface area contributed by atoms with Crippen LogP contribution in [0.3, 0.4) is 0 Å². The molecule has 1 aliphatic rings. The summed E-state index contributed by atoms with van der Waals surface area (Å²) in [6, 6.07) is 0.227. The van der Waals surface area contributed by atoms with Crippen LogP contribution in [0.25, 0.3) is 0 Å². The first kappa shape index (κ1) is 21.3. The fraction of sp³-hybridized carbons (Fsp3) is 0.952. The number of primary amides is 1. The smallest absolute Gasteiger partial charge is 0.315 e. The van der Waals surface area contributed by atoms with Crippen molar-refractivity contribution in [3.63, 3.8) is 0 Å². The van der Waals surface area contributed by atoms with E-state index in [1.807, 2.05) is 0 Å². The van der Waals surface area contributed by atoms with E-state index in [0.29, 0.717) is 6.04 Å². The Morgan fingerprint density at radius 3 is 1.46 bits per heavy atom. The summed E-state index contributed by atoms with van der Waals surface area (Å²) in [7, 11) is 0. The number of urea groups is 1. The lowest BCUT2D eigenvalue weighted by molar-refractivity contribution is 0.235. The Bertz CT molecular complexity index is 306. The molecule has 1 saturated heterocycles. The van der Waals surface area contributed by atoms with Gasteiger partial charge in [0.15, 0.2) is 0 Å². The Kier molecular flexibility index (Phi) is 13.0. The van der Waals surface area contributed by atoms with Crippen molar-refractivity contribution in [2.45, 2.75) is 122 Å². The Morgan fingerprint density at radius 2 is 1.12 bits per heavy atom. The van der Waals surface area contributed by atoms with Crippen molar-refractivity contribution in [1.29, 1.82) is 0 Å². The van der Waals surface area contributed by atoms with Crippen LogP contribution in [-0.2, 0) is 0 Å². The van der Waals surface area contributed by atoms with E-state index in [9.17, 15) is 4.79 Å². The van der Waals surface area contributed by atoms with Crippen molar-refractivity contribution in [2.75, 3.05) is 6.54 Å². The summed E-state index contributed by atoms with van der Waals surface area (Å²) in [5.74, 6) is 0. The highest BCUT2D eigenvalue weighted by molar-refractivity contribution is 5.75. The third kappa shape index (κ3) is 11.8. The molecule has 0 aromatic carbocycles. The van der Waals surface area contributed by atoms with E-state index in [2.05, 4.69) is 6.92 Å². The van der Waals surface area contributed by atoms with Gasteiger partial charge in [-0.25, -0.2) is 4.79 Å². The zero-order valence-electron chi connectivity index (χ0n) is 16.2. The van der Waals surface area contributed by atoms with Gasteiger partial charge in [0.1, 0.15) is 0 Å². The number of carbonyl (C=O) groups excluding carboxylic acids is 1. The van der Waals surface area contributed by atoms with Gasteiger partial charge < -0.3 is 10.6 Å². The number of rotatable bonds is 17. The average Bonchev–Trinajstić information content (AvgIpc) is 3.34. The molecule has 0 spiro atoms. The molecule has 0 saturated carbocycles. The van der Waals surface area contributed by atoms with Gasteiger partial charge in [0, 0.05) is 6.54 Å². The van der Waals surface area contributed by atoms with Crippen LogP contribution in [0.2, 0.25) is 0 Å². The van der Waals surface area contributed by atoms with Crippen molar-refractivity contribution in [2.24, 2.45) is 5.73 Å². The zero-order chi connectivity index (χ0) is 17.5. The third-order valence-electron chi connectivity index (χ3n) is 5.39. The molecule has 1 rings (SSSR count). The third-order valence-corrected chi connectivity index (χ3v) is 5.39. The maximum Gasteiger partial charge on any atom is 0.315 e. The molecule has 142 valence electrons. The molecule has 0 radical (unpaired) electrons. The molecule has 3 heteroatoms. The predicted octanol–water partition coefficient (Wildman–Crippen LogP) is 6.40. The van der Waals surface area contributed by atoms with E-state index in [1.54, 1.807) is 4.90 Å². The lowest BCUT2D eigenvalue weighted by Crippen LogP contribution is -2.20. The summed E-state index contributed by atoms with van der Waals surface area (Å²) in [6.45, 7) is 3.18. The van der Waals surface area contributed by atoms with Gasteiger partial charge in [-0.15, -0.1) is 0 Å². The van der Waals surface area contributed by atoms with Gasteiger partial charge in [-0.2, -0.15) is 0 Å². The minimum atomic E-state index is -0.239. The lowest BCUT2D eigenvalue weighted by Gasteiger charge is -2.04. The SMILES string of the molecule is CCCCCCCCCCCCCCCCCCC1CN1C(N)=O. The van der Waals surface area contributed by atoms with Crippen molar-refractivity contribution in [3.05, 3.63) is 0 Å². The fourth-order valence-electron chi connectivity index (χ4n) is 3.63. The summed E-state index contributed by atoms with van der Waals surface area (Å²) >= 11 is 0. The molecule has 1 fully saturated rings. The summed E-state index contributed by atoms with van der Waals surface area (Å²) < 4.78 is 0. The highest BCUT2D eigenvalue weighted by atomic mass is 16.2. The van der Waals surface area contributed by atoms with E-state index in [0.717, 1.165) is 13.0 Å². The zero-order valence-corrected chi connectivity index (χ0v) is 16.2. The van der Waals surface area contributed by atoms with Crippen LogP contribution >= 0.6 is 0 Å². The summed E-state index contributed by atoms with van der Waals surface area (Å²) in [5.41, 5.74) is 5.24. The second-order valence-electron chi connectivity index (χ2n) is 7.74. The van der Waals surface area contributed by atoms with Gasteiger partial charge in [0.05, 0.1) is 6.04 Å². The molecule has 1 aliphatic heterocycles. The molecule has 1 atom stereocenters. The first-order chi connectivity index (χ1) is 11.8. The molecule has 2 N–H and O–H groups in total. The predicted molar refractivity (Wildman–Crippen MR) is 104 cm³/mol. The van der Waals surface area contributed by atoms with E-state index in [4.69, 9.17) is 5.73 Å². The van der Waals surface area contributed by atoms with Crippen LogP contribution in [0.1, 0.15) is 116 Å². The lowest BCUT2D eigenvalue weighted by atomic mass is 10.0. The van der Waals surface area contributed by atoms with Crippen LogP contribution in [0.5, 0.6) is 0 Å². The second-order valence-corrected chi connectivity index (χ2v) is 7.74. The standard InChI is InChI=1S/C21H42N2O/c1-2-3-4-5-6-7-8-9-10-11-12-13-14-15-16-17-18-20-19-23(20)21(22)24/h20H,2-19H2,1H3,(H2,22,24). The highest BCUT2D eigenvalue weighted by Gasteiger charge is 2.35. The molecule has 0 aliphatic carbocycles. The monoisotopic (exact) mass is 338 g/mol. The first-order valence-electron chi connectivity index (χ1n) is 10.8. The molecule has 0 aromatic rings. The molecule has 2 amide bonds. The highest BCUT2D eigenvalue weighted by Crippen LogP contribution is 2.23. The van der Waals surface area contributed by atoms with Crippen LogP contribution < -0.4 is 5.73 Å². The largest absolute Gasteiger partial charge is 0.351 e. The van der Waals surface area contributed by atoms with E-state index >= 15 is 0 Å². The maximum absolute atomic E-state index is 10.9. The molecule has 0 bridgehead atoms. The van der Waals surface area contributed by atoms with Gasteiger partial charge in [-0.3, -0.25) is 0 Å². The van der Waals surface area contributed by atoms with Crippen molar-refractivity contribution < 1.29 is 4.79 Å². The normalized spacial score (nSPS) is 16.5. The maximum atomic E-state index is 10.9. The molecule has 3 nitrogen and oxygen atoms in total. The Morgan fingerprint density at radius 1 is 0.750 bits per heavy atom. The van der Waals surface area contributed by atoms with Crippen LogP contribution in [0.4, 0.5) is 4.79 Å². The summed E-state index contributed by atoms with van der Waals surface area (Å²) in [5, 5.41) is 0. The van der Waals surface area contributed by atoms with Crippen LogP contribution in [0.15, 0.2) is 0 Å². The number of unbranched alkanes of at least 4 members (excludes halogenated alkanes) is 15. The Labute approximate surface area is 150 Å². The number of carbonyl (C=O) groups is 1. The van der Waals surface area contributed by atoms with Gasteiger partial charge in [-0.1, -0.05) is 110 Å². The number of nitrogens with zero attached hydrogens (tertiary/aromatic N) is 1. The molecule has 0 aromatic heterocycles. The quantitative estimate of drug-likeness (QED) is 0.242. The fourth-order valence-corrected chi connectivity index (χ4v) is 3.63. The summed E-state index contributed by atoms with van der Waals surface area (Å²) in [6.07, 6.45) is 23.7. The minimum absolute atomic E-state index is 0.239. The van der Waals surface area contributed by atoms with Crippen molar-refractivity contribution >= 4 is 6.03 Å². The second kappa shape index (κ2) is 14.6. The first-order valence-corrected chi connectivity index (χ1v) is 10.8. The molecular formula is C21H42N2O. The number of hydrogen-bond donors (Lipinski definition) is 1. The van der Waals surface area contributed by atoms with E-state index < -0.39 is 0 Å². The van der Waals surface area contributed by atoms with Crippen LogP contribution in [-0.4, -0.2) is 23.5 Å². The summed E-state index contributed by atoms with van der Waals surface area (Å²) in [4.78, 5) is 12.7. The van der Waals surface area contributed by atoms with E-state index in [1.165, 1.54) is 103 Å². The molecule has 1 unspecified atom stereocenters. The van der Waals surface area contributed by atoms with Gasteiger partial charge in [-0.05, 0) is 6.42 Å². The molecule has 1 heterocycles. The topological polar surface area (TPSA) is 46.1 Å². The van der Waals surface area contributed by atoms with E-state index in [-0.39, 0.29) is 6.03 Å². The van der Waals surface area contributed by atoms with Crippen molar-refractivity contribution in [3.8, 4) is 0 Å². The Hall–Kier alpha value is -0.730. The number of amides is 2. The van der Waals surface area contributed by atoms with Gasteiger partial charge in [0.2, 0.25) is 0 Å².